The summed E-state index contributed by atoms with van der Waals surface area (Å²) in [6, 6.07) is 0. The summed E-state index contributed by atoms with van der Waals surface area (Å²) >= 11 is 0. The molecule has 0 fully saturated rings. The predicted octanol–water partition coefficient (Wildman–Crippen LogP) is 1.97. The minimum Gasteiger partial charge on any atom is -0.458 e. The highest BCUT2D eigenvalue weighted by atomic mass is 16.5. The van der Waals surface area contributed by atoms with Crippen molar-refractivity contribution in [2.45, 2.75) is 6.92 Å². The molecule has 0 aliphatic heterocycles. The van der Waals surface area contributed by atoms with E-state index in [2.05, 4.69) is 17.9 Å². The largest absolute Gasteiger partial charge is 0.458 e. The van der Waals surface area contributed by atoms with E-state index in [1.54, 1.807) is 19.1 Å². The molecule has 0 aromatic heterocycles. The van der Waals surface area contributed by atoms with E-state index in [1.807, 2.05) is 50.4 Å². The third-order valence-electron chi connectivity index (χ3n) is 1.95. The normalized spacial score (nSPS) is 9.78. The lowest BCUT2D eigenvalue weighted by molar-refractivity contribution is -0.138. The van der Waals surface area contributed by atoms with Crippen LogP contribution in [0.4, 0.5) is 0 Å². The minimum atomic E-state index is -0.395. The molecule has 0 aromatic rings. The zero-order valence-corrected chi connectivity index (χ0v) is 14.7. The van der Waals surface area contributed by atoms with Crippen molar-refractivity contribution in [3.8, 4) is 0 Å². The number of rotatable bonds is 8. The number of carbonyl (C=O) groups is 2. The summed E-state index contributed by atoms with van der Waals surface area (Å²) in [6.07, 6.45) is 8.30. The predicted molar refractivity (Wildman–Crippen MR) is 92.6 cm³/mol. The molecule has 0 heterocycles. The Bertz CT molecular complexity index is 438. The lowest BCUT2D eigenvalue weighted by atomic mass is 10.4. The van der Waals surface area contributed by atoms with Gasteiger partial charge in [-0.25, -0.2) is 9.59 Å². The van der Waals surface area contributed by atoms with Gasteiger partial charge in [0.15, 0.2) is 0 Å². The summed E-state index contributed by atoms with van der Waals surface area (Å²) in [6.45, 7) is 8.94. The van der Waals surface area contributed by atoms with E-state index in [-0.39, 0.29) is 5.97 Å². The molecule has 0 aliphatic rings. The van der Waals surface area contributed by atoms with Gasteiger partial charge in [-0.3, -0.25) is 0 Å². The Hall–Kier alpha value is -2.50. The molecule has 6 nitrogen and oxygen atoms in total. The van der Waals surface area contributed by atoms with Crippen LogP contribution in [0.25, 0.3) is 0 Å². The molecule has 0 aromatic carbocycles. The van der Waals surface area contributed by atoms with Crippen molar-refractivity contribution in [1.29, 1.82) is 0 Å². The standard InChI is InChI=1S/C9H15NO2.C8H13NO2/c1-8(2)9(11)12-7-5-6-10(3)4;1-4-8(10)11-7-5-6-9(2)3/h5-6H,1,7H2,2-4H3;4-6H,1,7H2,2-3H3. The van der Waals surface area contributed by atoms with E-state index >= 15 is 0 Å². The highest BCUT2D eigenvalue weighted by Crippen LogP contribution is 1.91. The minimum absolute atomic E-state index is 0.295. The number of esters is 2. The van der Waals surface area contributed by atoms with Crippen molar-refractivity contribution >= 4 is 11.9 Å². The fraction of sp³-hybridized carbons (Fsp3) is 0.412. The average Bonchev–Trinajstić information content (AvgIpc) is 2.47. The number of hydrogen-bond acceptors (Lipinski definition) is 6. The highest BCUT2D eigenvalue weighted by molar-refractivity contribution is 5.86. The molecule has 0 saturated carbocycles. The molecule has 0 spiro atoms. The Labute approximate surface area is 139 Å². The molecule has 0 rings (SSSR count). The van der Waals surface area contributed by atoms with Crippen LogP contribution in [0.1, 0.15) is 6.92 Å². The van der Waals surface area contributed by atoms with Crippen LogP contribution in [-0.2, 0) is 19.1 Å². The molecule has 0 amide bonds. The van der Waals surface area contributed by atoms with Gasteiger partial charge >= 0.3 is 11.9 Å². The first-order chi connectivity index (χ1) is 10.7. The van der Waals surface area contributed by atoms with E-state index in [0.717, 1.165) is 6.08 Å². The van der Waals surface area contributed by atoms with Gasteiger partial charge in [0.1, 0.15) is 13.2 Å². The molecule has 6 heteroatoms. The third kappa shape index (κ3) is 19.5. The van der Waals surface area contributed by atoms with Gasteiger partial charge in [0.2, 0.25) is 0 Å². The molecule has 130 valence electrons. The number of carbonyl (C=O) groups excluding carboxylic acids is 2. The van der Waals surface area contributed by atoms with E-state index in [4.69, 9.17) is 4.74 Å². The lowest BCUT2D eigenvalue weighted by Gasteiger charge is -2.03. The van der Waals surface area contributed by atoms with Gasteiger partial charge < -0.3 is 19.3 Å². The first-order valence-corrected chi connectivity index (χ1v) is 6.98. The van der Waals surface area contributed by atoms with Crippen molar-refractivity contribution in [3.63, 3.8) is 0 Å². The number of ether oxygens (including phenoxy) is 2. The maximum Gasteiger partial charge on any atom is 0.333 e. The molecule has 0 aliphatic carbocycles. The van der Waals surface area contributed by atoms with Gasteiger partial charge in [-0.05, 0) is 31.5 Å². The maximum absolute atomic E-state index is 10.8. The van der Waals surface area contributed by atoms with Crippen LogP contribution in [0.5, 0.6) is 0 Å². The molecule has 0 N–H and O–H groups in total. The van der Waals surface area contributed by atoms with Crippen LogP contribution < -0.4 is 0 Å². The Morgan fingerprint density at radius 1 is 0.957 bits per heavy atom. The number of hydrogen-bond donors (Lipinski definition) is 0. The summed E-state index contributed by atoms with van der Waals surface area (Å²) in [4.78, 5) is 25.0. The smallest absolute Gasteiger partial charge is 0.333 e. The van der Waals surface area contributed by atoms with Gasteiger partial charge in [0.05, 0.1) is 0 Å². The summed E-state index contributed by atoms with van der Waals surface area (Å²) < 4.78 is 9.47. The van der Waals surface area contributed by atoms with Crippen LogP contribution in [0, 0.1) is 0 Å². The molecular formula is C17H28N2O4. The summed E-state index contributed by atoms with van der Waals surface area (Å²) in [5.74, 6) is -0.744. The summed E-state index contributed by atoms with van der Waals surface area (Å²) in [7, 11) is 7.59. The maximum atomic E-state index is 10.8. The third-order valence-corrected chi connectivity index (χ3v) is 1.95. The van der Waals surface area contributed by atoms with Gasteiger partial charge in [-0.15, -0.1) is 0 Å². The van der Waals surface area contributed by atoms with Gasteiger partial charge in [0.25, 0.3) is 0 Å². The van der Waals surface area contributed by atoms with Crippen LogP contribution in [-0.4, -0.2) is 63.1 Å². The van der Waals surface area contributed by atoms with Crippen molar-refractivity contribution < 1.29 is 19.1 Å². The van der Waals surface area contributed by atoms with E-state index in [9.17, 15) is 9.59 Å². The van der Waals surface area contributed by atoms with Gasteiger partial charge in [-0.1, -0.05) is 13.2 Å². The molecule has 0 unspecified atom stereocenters. The molecular weight excluding hydrogens is 296 g/mol. The molecule has 0 bridgehead atoms. The Morgan fingerprint density at radius 3 is 1.74 bits per heavy atom. The van der Waals surface area contributed by atoms with E-state index < -0.39 is 5.97 Å². The average molecular weight is 324 g/mol. The van der Waals surface area contributed by atoms with E-state index in [0.29, 0.717) is 18.8 Å². The second kappa shape index (κ2) is 14.4. The fourth-order valence-electron chi connectivity index (χ4n) is 0.944. The molecule has 0 radical (unpaired) electrons. The first-order valence-electron chi connectivity index (χ1n) is 6.98. The fourth-order valence-corrected chi connectivity index (χ4v) is 0.944. The molecule has 0 saturated heterocycles. The van der Waals surface area contributed by atoms with E-state index in [1.165, 1.54) is 0 Å². The monoisotopic (exact) mass is 324 g/mol. The quantitative estimate of drug-likeness (QED) is 0.502. The summed E-state index contributed by atoms with van der Waals surface area (Å²) in [5.41, 5.74) is 0.424. The Balaban J connectivity index is 0. The van der Waals surface area contributed by atoms with Crippen molar-refractivity contribution in [2.24, 2.45) is 0 Å². The zero-order chi connectivity index (χ0) is 18.3. The van der Waals surface area contributed by atoms with Gasteiger partial charge in [0, 0.05) is 39.8 Å². The van der Waals surface area contributed by atoms with Crippen molar-refractivity contribution in [3.05, 3.63) is 49.4 Å². The van der Waals surface area contributed by atoms with Gasteiger partial charge in [-0.2, -0.15) is 0 Å². The number of nitrogens with zero attached hydrogens (tertiary/aromatic N) is 2. The van der Waals surface area contributed by atoms with Crippen LogP contribution in [0.2, 0.25) is 0 Å². The van der Waals surface area contributed by atoms with Crippen LogP contribution in [0.3, 0.4) is 0 Å². The second-order valence-electron chi connectivity index (χ2n) is 4.91. The second-order valence-corrected chi connectivity index (χ2v) is 4.91. The lowest BCUT2D eigenvalue weighted by Crippen LogP contribution is -2.06. The van der Waals surface area contributed by atoms with Crippen LogP contribution in [0.15, 0.2) is 49.4 Å². The van der Waals surface area contributed by atoms with Crippen LogP contribution >= 0.6 is 0 Å². The zero-order valence-electron chi connectivity index (χ0n) is 14.7. The van der Waals surface area contributed by atoms with Crippen molar-refractivity contribution in [1.82, 2.24) is 9.80 Å². The van der Waals surface area contributed by atoms with Crippen molar-refractivity contribution in [2.75, 3.05) is 41.4 Å². The summed E-state index contributed by atoms with van der Waals surface area (Å²) in [5, 5.41) is 0. The Kier molecular flexibility index (Phi) is 14.3. The molecule has 23 heavy (non-hydrogen) atoms. The molecule has 0 atom stereocenters. The first kappa shape index (κ1) is 22.8. The SMILES string of the molecule is C=C(C)C(=O)OCC=CN(C)C.C=CC(=O)OCC=CN(C)C. The highest BCUT2D eigenvalue weighted by Gasteiger charge is 1.99. The Morgan fingerprint density at radius 2 is 1.39 bits per heavy atom. The topological polar surface area (TPSA) is 59.1 Å².